The van der Waals surface area contributed by atoms with E-state index in [1.165, 1.54) is 65.0 Å². The Morgan fingerprint density at radius 1 is 0.361 bits per heavy atom. The lowest BCUT2D eigenvalue weighted by molar-refractivity contribution is -0.160. The van der Waals surface area contributed by atoms with Crippen LogP contribution in [0.2, 0.25) is 0 Å². The van der Waals surface area contributed by atoms with E-state index in [0.717, 1.165) is 63.7 Å². The molecule has 15 aromatic rings. The summed E-state index contributed by atoms with van der Waals surface area (Å²) >= 11 is 0. The Kier molecular flexibility index (Phi) is 32.0. The summed E-state index contributed by atoms with van der Waals surface area (Å²) in [6.45, 7) is 6.82. The van der Waals surface area contributed by atoms with Crippen molar-refractivity contribution in [2.75, 3.05) is 39.6 Å². The van der Waals surface area contributed by atoms with Crippen molar-refractivity contribution < 1.29 is 71.4 Å². The van der Waals surface area contributed by atoms with Crippen LogP contribution in [0.5, 0.6) is 23.0 Å². The maximum absolute atomic E-state index is 13.4. The van der Waals surface area contributed by atoms with Gasteiger partial charge in [0.15, 0.2) is 58.7 Å². The third-order valence-corrected chi connectivity index (χ3v) is 35.4. The molecule has 2 saturated carbocycles. The fraction of sp³-hybridized carbons (Fsp3) is 0.168. The highest BCUT2D eigenvalue weighted by atomic mass is 32.2. The van der Waals surface area contributed by atoms with E-state index < -0.39 is 42.0 Å². The highest BCUT2D eigenvalue weighted by molar-refractivity contribution is 7.98. The lowest BCUT2D eigenvalue weighted by atomic mass is 9.78. The molecule has 19 heteroatoms. The minimum Gasteiger partial charge on any atom is -0.490 e. The monoisotopic (exact) mass is 1980 g/mol. The predicted octanol–water partition coefficient (Wildman–Crippen LogP) is 25.1. The van der Waals surface area contributed by atoms with Gasteiger partial charge < -0.3 is 42.6 Å². The van der Waals surface area contributed by atoms with Crippen LogP contribution in [0.15, 0.2) is 514 Å². The van der Waals surface area contributed by atoms with Gasteiger partial charge in [0.05, 0.1) is 72.8 Å². The van der Waals surface area contributed by atoms with Crippen molar-refractivity contribution in [3.63, 3.8) is 0 Å². The molecule has 0 N–H and O–H groups in total. The Labute approximate surface area is 852 Å². The minimum absolute atomic E-state index is 0.112. The third kappa shape index (κ3) is 23.0. The molecule has 6 aliphatic carbocycles. The molecule has 10 unspecified atom stereocenters. The second-order valence-corrected chi connectivity index (χ2v) is 43.6. The van der Waals surface area contributed by atoms with Crippen molar-refractivity contribution >= 4 is 85.0 Å². The Hall–Kier alpha value is -15.1. The standard InChI is InChI=1S/C34H29O3S.C31H27O6S.C30H27O3S.C30H25O3S/c35-34(33-31-17-9-7-15-29(31)30-16-8-10-18-32(30)33)37-24-23-36-25-19-21-28(22-20-25)38(26-11-3-1-4-12-26)27-13-5-2-6-14-27;1-18(2)29(32)36-27-23-17-24-26(31(34)37-28(24)27)25(23)30(33)35-19-13-15-22(16-14-19)38(20-9-5-3-6-10-20)21-11-7-4-8-12-21;2*31-30(29-20-15-23-9-7-8-14-28(23)29)33-22-21-32-24-16-18-27(19-17-24)34(25-10-3-1-4-11-25)26-12-5-2-6-13-26/h1-22,29,31,33H,23-24H2;3-16,23-28H,1,17H2,2H3;1-14,16-19,29H,15,20-22H2;1-14,16-20H,15,21-22H2/q4*+1. The van der Waals surface area contributed by atoms with E-state index in [0.29, 0.717) is 37.6 Å². The average molecular weight is 1980 g/mol. The fourth-order valence-corrected chi connectivity index (χ4v) is 28.2. The molecule has 0 amide bonds. The van der Waals surface area contributed by atoms with Crippen molar-refractivity contribution in [3.05, 3.63) is 488 Å². The number of ether oxygens (including phenoxy) is 9. The van der Waals surface area contributed by atoms with Crippen molar-refractivity contribution in [1.29, 1.82) is 0 Å². The van der Waals surface area contributed by atoms with Crippen LogP contribution in [-0.2, 0) is 109 Å². The lowest BCUT2D eigenvalue weighted by Crippen LogP contribution is -2.44. The normalized spacial score (nSPS) is 18.4. The van der Waals surface area contributed by atoms with Crippen molar-refractivity contribution in [2.24, 2.45) is 29.6 Å². The quantitative estimate of drug-likeness (QED) is 0.00997. The molecule has 15 aromatic carbocycles. The molecule has 2 bridgehead atoms. The predicted molar refractivity (Wildman–Crippen MR) is 563 cm³/mol. The smallest absolute Gasteiger partial charge is 0.338 e. The number of aryl methyl sites for hydroxylation is 1. The number of hydrogen-bond donors (Lipinski definition) is 0. The maximum atomic E-state index is 13.4. The van der Waals surface area contributed by atoms with Crippen LogP contribution >= 0.6 is 0 Å². The summed E-state index contributed by atoms with van der Waals surface area (Å²) in [5.74, 6) is -1.18. The highest BCUT2D eigenvalue weighted by Crippen LogP contribution is 2.59. The van der Waals surface area contributed by atoms with Crippen LogP contribution in [-0.4, -0.2) is 87.7 Å². The van der Waals surface area contributed by atoms with Crippen molar-refractivity contribution in [3.8, 4) is 23.0 Å². The zero-order valence-electron chi connectivity index (χ0n) is 79.5. The summed E-state index contributed by atoms with van der Waals surface area (Å²) in [6, 6.07) is 141. The van der Waals surface area contributed by atoms with E-state index >= 15 is 0 Å². The van der Waals surface area contributed by atoms with Crippen LogP contribution < -0.4 is 18.9 Å². The Morgan fingerprint density at radius 3 is 1.15 bits per heavy atom. The molecule has 1 aliphatic heterocycles. The second kappa shape index (κ2) is 47.2. The van der Waals surface area contributed by atoms with Crippen LogP contribution in [0.25, 0.3) is 5.57 Å². The molecule has 0 aromatic heterocycles. The first kappa shape index (κ1) is 97.7. The minimum atomic E-state index is -0.711. The van der Waals surface area contributed by atoms with Gasteiger partial charge in [-0.25, -0.2) is 9.59 Å². The first-order valence-electron chi connectivity index (χ1n) is 48.6. The highest BCUT2D eigenvalue weighted by Gasteiger charge is 2.70. The molecule has 0 radical (unpaired) electrons. The van der Waals surface area contributed by atoms with Crippen LogP contribution in [0.4, 0.5) is 0 Å². The van der Waals surface area contributed by atoms with Gasteiger partial charge in [0.1, 0.15) is 74.8 Å². The largest absolute Gasteiger partial charge is 0.490 e. The number of hydrogen-bond acceptors (Lipinski definition) is 15. The van der Waals surface area contributed by atoms with Gasteiger partial charge in [0.25, 0.3) is 0 Å². The molecule has 0 spiro atoms. The number of carbonyl (C=O) groups is 6. The number of carbonyl (C=O) groups excluding carboxylic acids is 6. The van der Waals surface area contributed by atoms with Gasteiger partial charge >= 0.3 is 35.8 Å². The summed E-state index contributed by atoms with van der Waals surface area (Å²) in [7, 11) is -0.880. The van der Waals surface area contributed by atoms with E-state index in [9.17, 15) is 28.8 Å². The number of esters is 6. The average Bonchev–Trinajstić information content (AvgIpc) is 1.54. The molecule has 22 rings (SSSR count). The zero-order chi connectivity index (χ0) is 98.5. The number of fused-ring (bicyclic) bond motifs is 6. The first-order valence-corrected chi connectivity index (χ1v) is 53.5. The molecule has 144 heavy (non-hydrogen) atoms. The molecular weight excluding hydrogens is 1870 g/mol. The van der Waals surface area contributed by atoms with E-state index in [-0.39, 0.29) is 122 Å². The third-order valence-electron chi connectivity index (χ3n) is 26.5. The van der Waals surface area contributed by atoms with Gasteiger partial charge in [-0.2, -0.15) is 0 Å². The SMILES string of the molecule is C=C(C)C(=O)OC1C2CC3C1OC(=O)C3C2C(=O)Oc1ccc([S+](c2ccccc2)c2ccccc2)cc1.O=C(OCCOc1ccc([S+](c2ccccc2)c2ccccc2)cc1)C1=CCc2ccccc21.O=C(OCCOc1ccc([S+](c2ccccc2)c2ccccc2)cc1)C1CCc2ccccc21.O=C(OCCOc1ccc([S+](c2ccccc2)c2ccccc2)cc1)C1c2ccccc2C2C=CC=CC21. The summed E-state index contributed by atoms with van der Waals surface area (Å²) in [5, 5.41) is 0. The molecule has 10 atom stereocenters. The van der Waals surface area contributed by atoms with Gasteiger partial charge in [-0.05, 0) is 260 Å². The summed E-state index contributed by atoms with van der Waals surface area (Å²) in [5.41, 5.74) is 7.70. The Morgan fingerprint density at radius 2 is 0.722 bits per heavy atom. The molecule has 3 fully saturated rings. The van der Waals surface area contributed by atoms with Crippen molar-refractivity contribution in [2.45, 2.75) is 121 Å². The summed E-state index contributed by atoms with van der Waals surface area (Å²) < 4.78 is 51.3. The molecule has 15 nitrogen and oxygen atoms in total. The number of rotatable bonds is 31. The topological polar surface area (TPSA) is 185 Å². The fourth-order valence-electron chi connectivity index (χ4n) is 19.9. The van der Waals surface area contributed by atoms with Gasteiger partial charge in [-0.1, -0.05) is 255 Å². The Bertz CT molecular complexity index is 6860. The zero-order valence-corrected chi connectivity index (χ0v) is 82.7. The summed E-state index contributed by atoms with van der Waals surface area (Å²) in [4.78, 5) is 91.2. The van der Waals surface area contributed by atoms with Gasteiger partial charge in [0, 0.05) is 29.2 Å². The molecule has 718 valence electrons. The molecular formula is C125H108O15S4+4. The van der Waals surface area contributed by atoms with Crippen molar-refractivity contribution in [1.82, 2.24) is 0 Å². The van der Waals surface area contributed by atoms with E-state index in [1.807, 2.05) is 188 Å². The van der Waals surface area contributed by atoms with Gasteiger partial charge in [-0.3, -0.25) is 19.2 Å². The van der Waals surface area contributed by atoms with E-state index in [4.69, 9.17) is 42.6 Å². The molecule has 1 saturated heterocycles. The van der Waals surface area contributed by atoms with E-state index in [2.05, 4.69) is 249 Å². The Balaban J connectivity index is 0.000000122. The second-order valence-electron chi connectivity index (χ2n) is 35.5. The molecule has 7 aliphatic rings. The first-order chi connectivity index (χ1) is 70.8. The summed E-state index contributed by atoms with van der Waals surface area (Å²) in [6.07, 6.45) is 12.3. The van der Waals surface area contributed by atoms with Crippen LogP contribution in [0, 0.1) is 29.6 Å². The maximum Gasteiger partial charge on any atom is 0.338 e. The van der Waals surface area contributed by atoms with Crippen LogP contribution in [0.1, 0.15) is 70.9 Å². The molecule has 1 heterocycles. The number of allylic oxidation sites excluding steroid dienone is 5. The number of benzene rings is 15. The van der Waals surface area contributed by atoms with E-state index in [1.54, 1.807) is 19.1 Å². The van der Waals surface area contributed by atoms with Gasteiger partial charge in [0.2, 0.25) is 0 Å². The lowest BCUT2D eigenvalue weighted by Gasteiger charge is -2.30. The van der Waals surface area contributed by atoms with Gasteiger partial charge in [-0.15, -0.1) is 0 Å². The van der Waals surface area contributed by atoms with Crippen LogP contribution in [0.3, 0.4) is 0 Å².